The van der Waals surface area contributed by atoms with Crippen molar-refractivity contribution in [3.05, 3.63) is 41.7 Å². The number of carboxylic acids is 1. The van der Waals surface area contributed by atoms with Gasteiger partial charge in [-0.05, 0) is 62.3 Å². The Kier molecular flexibility index (Phi) is 11.4. The van der Waals surface area contributed by atoms with Crippen LogP contribution >= 0.6 is 7.60 Å². The van der Waals surface area contributed by atoms with Crippen LogP contribution in [-0.4, -0.2) is 62.3 Å². The second-order valence-corrected chi connectivity index (χ2v) is 13.2. The summed E-state index contributed by atoms with van der Waals surface area (Å²) >= 11 is 0. The Bertz CT molecular complexity index is 1460. The molecule has 7 N–H and O–H groups in total. The van der Waals surface area contributed by atoms with E-state index in [4.69, 9.17) is 20.5 Å². The molecule has 14 nitrogen and oxygen atoms in total. The number of hydrogen-bond donors (Lipinski definition) is 5. The molecule has 43 heavy (non-hydrogen) atoms. The van der Waals surface area contributed by atoms with Gasteiger partial charge in [0.15, 0.2) is 17.0 Å². The van der Waals surface area contributed by atoms with Crippen LogP contribution in [0.3, 0.4) is 0 Å². The van der Waals surface area contributed by atoms with E-state index >= 15 is 0 Å². The van der Waals surface area contributed by atoms with E-state index in [9.17, 15) is 19.3 Å². The largest absolute Gasteiger partial charge is 0.480 e. The lowest BCUT2D eigenvalue weighted by Gasteiger charge is -2.32. The fourth-order valence-electron chi connectivity index (χ4n) is 5.00. The van der Waals surface area contributed by atoms with Crippen LogP contribution in [-0.2, 0) is 25.0 Å². The van der Waals surface area contributed by atoms with Gasteiger partial charge in [0.05, 0.1) is 37.8 Å². The number of carboxylic acid groups (broad SMARTS) is 1. The molecule has 3 rings (SSSR count). The monoisotopic (exact) mass is 616 g/mol. The number of aromatic nitrogens is 4. The Morgan fingerprint density at radius 3 is 2.30 bits per heavy atom. The highest BCUT2D eigenvalue weighted by Crippen LogP contribution is 2.51. The number of amides is 1. The molecule has 0 aliphatic heterocycles. The van der Waals surface area contributed by atoms with Gasteiger partial charge in [0.1, 0.15) is 6.04 Å². The van der Waals surface area contributed by atoms with Crippen molar-refractivity contribution in [1.82, 2.24) is 25.3 Å². The molecule has 2 atom stereocenters. The second-order valence-electron chi connectivity index (χ2n) is 11.1. The van der Waals surface area contributed by atoms with Gasteiger partial charge < -0.3 is 36.3 Å². The van der Waals surface area contributed by atoms with Crippen LogP contribution in [0, 0.1) is 11.3 Å². The van der Waals surface area contributed by atoms with Crippen molar-refractivity contribution in [3.63, 3.8) is 0 Å². The summed E-state index contributed by atoms with van der Waals surface area (Å²) < 4.78 is 23.7. The Morgan fingerprint density at radius 1 is 1.05 bits per heavy atom. The van der Waals surface area contributed by atoms with Gasteiger partial charge in [0.2, 0.25) is 5.95 Å². The lowest BCUT2D eigenvalue weighted by Crippen LogP contribution is -2.43. The average Bonchev–Trinajstić information content (AvgIpc) is 2.91. The minimum absolute atomic E-state index is 0.0195. The van der Waals surface area contributed by atoms with Gasteiger partial charge in [-0.15, -0.1) is 0 Å². The number of nitrogens with one attached hydrogen (secondary N) is 2. The van der Waals surface area contributed by atoms with E-state index in [2.05, 4.69) is 30.6 Å². The molecular formula is C28H41N8O6P. The first-order valence-electron chi connectivity index (χ1n) is 14.0. The maximum absolute atomic E-state index is 13.0. The number of anilines is 3. The minimum atomic E-state index is -3.23. The van der Waals surface area contributed by atoms with Gasteiger partial charge in [-0.1, -0.05) is 20.8 Å². The van der Waals surface area contributed by atoms with E-state index in [1.165, 1.54) is 0 Å². The summed E-state index contributed by atoms with van der Waals surface area (Å²) in [6, 6.07) is 5.50. The number of nitrogens with zero attached hydrogens (tertiary/aromatic N) is 4. The Hall–Kier alpha value is -3.87. The normalized spacial score (nSPS) is 13.4. The van der Waals surface area contributed by atoms with Crippen LogP contribution in [0.1, 0.15) is 63.5 Å². The van der Waals surface area contributed by atoms with E-state index in [-0.39, 0.29) is 43.5 Å². The Labute approximate surface area is 250 Å². The molecule has 0 saturated carbocycles. The van der Waals surface area contributed by atoms with Gasteiger partial charge >= 0.3 is 13.6 Å². The average molecular weight is 617 g/mol. The van der Waals surface area contributed by atoms with Crippen molar-refractivity contribution >= 4 is 48.1 Å². The molecule has 15 heteroatoms. The number of carbonyl (C=O) groups excluding carboxylic acids is 1. The summed E-state index contributed by atoms with van der Waals surface area (Å²) in [6.07, 6.45) is 2.52. The number of nitrogens with two attached hydrogens (primary N) is 2. The predicted octanol–water partition coefficient (Wildman–Crippen LogP) is 4.09. The van der Waals surface area contributed by atoms with Crippen molar-refractivity contribution in [2.24, 2.45) is 11.3 Å². The molecular weight excluding hydrogens is 575 g/mol. The number of fused-ring (bicyclic) bond motifs is 1. The maximum atomic E-state index is 13.0. The van der Waals surface area contributed by atoms with Crippen molar-refractivity contribution in [1.29, 1.82) is 0 Å². The van der Waals surface area contributed by atoms with Gasteiger partial charge in [-0.3, -0.25) is 9.36 Å². The quantitative estimate of drug-likeness (QED) is 0.143. The van der Waals surface area contributed by atoms with Crippen LogP contribution in [0.4, 0.5) is 17.5 Å². The van der Waals surface area contributed by atoms with Crippen LogP contribution in [0.15, 0.2) is 30.5 Å². The summed E-state index contributed by atoms with van der Waals surface area (Å²) in [7, 11) is -3.23. The van der Waals surface area contributed by atoms with Crippen molar-refractivity contribution in [2.45, 2.75) is 60.0 Å². The molecule has 0 aliphatic carbocycles. The summed E-state index contributed by atoms with van der Waals surface area (Å²) in [5.74, 6) is -1.54. The molecule has 3 aromatic rings. The lowest BCUT2D eigenvalue weighted by molar-refractivity contribution is -0.140. The van der Waals surface area contributed by atoms with E-state index in [0.717, 1.165) is 0 Å². The van der Waals surface area contributed by atoms with Crippen LogP contribution in [0.2, 0.25) is 0 Å². The van der Waals surface area contributed by atoms with Crippen LogP contribution < -0.4 is 22.1 Å². The SMILES string of the molecule is CCOP(=O)(CC(C)CC(C)(C)C[C@H](NC(=O)c1ccc(NCc2cnc3nc(N)nc(N)c3n2)cc1)C(=O)O)OCC. The first-order valence-corrected chi connectivity index (χ1v) is 15.8. The molecule has 0 radical (unpaired) electrons. The third-order valence-corrected chi connectivity index (χ3v) is 8.94. The second kappa shape index (κ2) is 14.5. The number of carbonyl (C=O) groups is 2. The molecule has 0 saturated heterocycles. The third kappa shape index (κ3) is 9.84. The highest BCUT2D eigenvalue weighted by atomic mass is 31.2. The standard InChI is InChI=1S/C28H41N8O6P/c1-6-41-43(40,42-7-2)16-17(3)12-28(4,5)13-21(26(38)39)34-25(37)18-8-10-19(11-9-18)31-14-20-15-32-24-22(33-20)23(29)35-27(30)36-24/h8-11,15,17,21,31H,6-7,12-14,16H2,1-5H3,(H,34,37)(H,38,39)(H4,29,30,32,35,36)/t17?,21-/m0/s1. The van der Waals surface area contributed by atoms with E-state index in [1.54, 1.807) is 44.3 Å². The first kappa shape index (κ1) is 33.6. The fourth-order valence-corrected chi connectivity index (χ4v) is 6.97. The zero-order valence-corrected chi connectivity index (χ0v) is 26.1. The van der Waals surface area contributed by atoms with E-state index in [1.807, 2.05) is 20.8 Å². The van der Waals surface area contributed by atoms with E-state index in [0.29, 0.717) is 41.1 Å². The summed E-state index contributed by atoms with van der Waals surface area (Å²) in [5, 5.41) is 15.7. The fraction of sp³-hybridized carbons (Fsp3) is 0.500. The molecule has 0 aliphatic rings. The molecule has 2 aromatic heterocycles. The molecule has 0 spiro atoms. The molecule has 1 aromatic carbocycles. The highest BCUT2D eigenvalue weighted by Gasteiger charge is 2.34. The number of aliphatic carboxylic acids is 1. The minimum Gasteiger partial charge on any atom is -0.480 e. The van der Waals surface area contributed by atoms with E-state index < -0.39 is 30.9 Å². The number of rotatable bonds is 16. The number of nitrogen functional groups attached to an aromatic ring is 2. The van der Waals surface area contributed by atoms with Crippen molar-refractivity contribution in [2.75, 3.05) is 36.2 Å². The summed E-state index contributed by atoms with van der Waals surface area (Å²) in [5.41, 5.74) is 13.3. The highest BCUT2D eigenvalue weighted by molar-refractivity contribution is 7.53. The third-order valence-electron chi connectivity index (χ3n) is 6.57. The number of benzene rings is 1. The van der Waals surface area contributed by atoms with Crippen molar-refractivity contribution < 1.29 is 28.3 Å². The van der Waals surface area contributed by atoms with Gasteiger partial charge in [-0.2, -0.15) is 9.97 Å². The Morgan fingerprint density at radius 2 is 1.70 bits per heavy atom. The smallest absolute Gasteiger partial charge is 0.330 e. The molecule has 1 amide bonds. The first-order chi connectivity index (χ1) is 20.2. The molecule has 0 fully saturated rings. The zero-order chi connectivity index (χ0) is 31.8. The molecule has 0 bridgehead atoms. The number of hydrogen-bond acceptors (Lipinski definition) is 12. The van der Waals surface area contributed by atoms with Crippen molar-refractivity contribution in [3.8, 4) is 0 Å². The molecule has 1 unspecified atom stereocenters. The lowest BCUT2D eigenvalue weighted by atomic mass is 9.78. The topological polar surface area (TPSA) is 218 Å². The van der Waals surface area contributed by atoms with Gasteiger partial charge in [-0.25, -0.2) is 14.8 Å². The Balaban J connectivity index is 1.58. The molecule has 2 heterocycles. The van der Waals surface area contributed by atoms with Crippen LogP contribution in [0.5, 0.6) is 0 Å². The van der Waals surface area contributed by atoms with Gasteiger partial charge in [0.25, 0.3) is 5.91 Å². The van der Waals surface area contributed by atoms with Crippen LogP contribution in [0.25, 0.3) is 11.2 Å². The summed E-state index contributed by atoms with van der Waals surface area (Å²) in [4.78, 5) is 41.6. The molecule has 234 valence electrons. The predicted molar refractivity (Wildman–Crippen MR) is 165 cm³/mol. The maximum Gasteiger partial charge on any atom is 0.330 e. The summed E-state index contributed by atoms with van der Waals surface area (Å²) in [6.45, 7) is 10.2. The zero-order valence-electron chi connectivity index (χ0n) is 25.2. The van der Waals surface area contributed by atoms with Gasteiger partial charge in [0, 0.05) is 11.3 Å².